The van der Waals surface area contributed by atoms with Crippen LogP contribution in [0.2, 0.25) is 0 Å². The van der Waals surface area contributed by atoms with E-state index in [4.69, 9.17) is 4.74 Å². The van der Waals surface area contributed by atoms with Crippen LogP contribution in [0.15, 0.2) is 60.8 Å². The second-order valence-electron chi connectivity index (χ2n) is 5.62. The topological polar surface area (TPSA) is 68.2 Å². The van der Waals surface area contributed by atoms with Crippen molar-refractivity contribution in [1.29, 1.82) is 0 Å². The Hall–Kier alpha value is -3.35. The molecule has 2 N–H and O–H groups in total. The number of nitrogens with zero attached hydrogens (tertiary/aromatic N) is 2. The van der Waals surface area contributed by atoms with Gasteiger partial charge in [-0.2, -0.15) is 5.10 Å². The van der Waals surface area contributed by atoms with E-state index < -0.39 is 0 Å². The molecule has 0 bridgehead atoms. The summed E-state index contributed by atoms with van der Waals surface area (Å²) in [4.78, 5) is 12.0. The number of anilines is 1. The smallest absolute Gasteiger partial charge is 0.319 e. The molecule has 0 radical (unpaired) electrons. The number of urea groups is 1. The predicted octanol–water partition coefficient (Wildman–Crippen LogP) is 3.52. The largest absolute Gasteiger partial charge is 0.492 e. The van der Waals surface area contributed by atoms with Crippen LogP contribution in [0.3, 0.4) is 0 Å². The van der Waals surface area contributed by atoms with Crippen molar-refractivity contribution in [2.45, 2.75) is 6.92 Å². The normalized spacial score (nSPS) is 10.4. The molecule has 0 unspecified atom stereocenters. The van der Waals surface area contributed by atoms with Crippen LogP contribution in [0.1, 0.15) is 5.69 Å². The molecule has 0 saturated carbocycles. The van der Waals surface area contributed by atoms with Crippen molar-refractivity contribution in [2.75, 3.05) is 18.5 Å². The van der Waals surface area contributed by atoms with Crippen molar-refractivity contribution in [3.63, 3.8) is 0 Å². The minimum absolute atomic E-state index is 0.283. The first-order valence-electron chi connectivity index (χ1n) is 8.16. The van der Waals surface area contributed by atoms with Crippen molar-refractivity contribution in [3.8, 4) is 11.4 Å². The molecule has 2 aromatic carbocycles. The molecule has 0 aliphatic rings. The number of rotatable bonds is 6. The van der Waals surface area contributed by atoms with Gasteiger partial charge in [0.05, 0.1) is 12.2 Å². The number of aryl methyl sites for hydroxylation is 1. The Morgan fingerprint density at radius 3 is 2.73 bits per heavy atom. The van der Waals surface area contributed by atoms with Gasteiger partial charge in [-0.15, -0.1) is 0 Å². The second-order valence-corrected chi connectivity index (χ2v) is 5.62. The van der Waals surface area contributed by atoms with E-state index >= 15 is 0 Å². The molecule has 6 nitrogen and oxygen atoms in total. The maximum Gasteiger partial charge on any atom is 0.319 e. The van der Waals surface area contributed by atoms with E-state index in [0.29, 0.717) is 18.0 Å². The molecule has 3 aromatic rings. The fraction of sp³-hybridized carbons (Fsp3) is 0.158. The lowest BCUT2D eigenvalue weighted by Gasteiger charge is -2.10. The summed E-state index contributed by atoms with van der Waals surface area (Å²) < 4.78 is 20.0. The van der Waals surface area contributed by atoms with Gasteiger partial charge in [-0.25, -0.2) is 13.9 Å². The summed E-state index contributed by atoms with van der Waals surface area (Å²) >= 11 is 0. The van der Waals surface area contributed by atoms with Crippen molar-refractivity contribution in [2.24, 2.45) is 0 Å². The van der Waals surface area contributed by atoms with Crippen LogP contribution in [0.25, 0.3) is 5.69 Å². The monoisotopic (exact) mass is 354 g/mol. The number of nitrogens with one attached hydrogen (secondary N) is 2. The third kappa shape index (κ3) is 4.60. The Morgan fingerprint density at radius 1 is 1.19 bits per heavy atom. The lowest BCUT2D eigenvalue weighted by atomic mass is 10.2. The molecule has 1 aromatic heterocycles. The van der Waals surface area contributed by atoms with Gasteiger partial charge in [0.1, 0.15) is 18.2 Å². The Kier molecular flexibility index (Phi) is 5.48. The van der Waals surface area contributed by atoms with E-state index in [1.165, 1.54) is 24.3 Å². The third-order valence-electron chi connectivity index (χ3n) is 3.65. The molecule has 1 heterocycles. The molecule has 134 valence electrons. The quantitative estimate of drug-likeness (QED) is 0.666. The molecule has 26 heavy (non-hydrogen) atoms. The van der Waals surface area contributed by atoms with Crippen LogP contribution >= 0.6 is 0 Å². The molecule has 0 aliphatic heterocycles. The Morgan fingerprint density at radius 2 is 2.00 bits per heavy atom. The number of halogens is 1. The zero-order valence-electron chi connectivity index (χ0n) is 14.3. The van der Waals surface area contributed by atoms with E-state index in [0.717, 1.165) is 11.4 Å². The van der Waals surface area contributed by atoms with E-state index in [1.807, 2.05) is 31.2 Å². The van der Waals surface area contributed by atoms with Crippen LogP contribution in [0, 0.1) is 12.7 Å². The average molecular weight is 354 g/mol. The van der Waals surface area contributed by atoms with Crippen LogP contribution < -0.4 is 15.4 Å². The highest BCUT2D eigenvalue weighted by Crippen LogP contribution is 2.15. The van der Waals surface area contributed by atoms with Gasteiger partial charge in [0.25, 0.3) is 0 Å². The summed E-state index contributed by atoms with van der Waals surface area (Å²) in [6.07, 6.45) is 1.73. The number of hydrogen-bond acceptors (Lipinski definition) is 3. The number of benzene rings is 2. The fourth-order valence-electron chi connectivity index (χ4n) is 2.39. The first-order valence-corrected chi connectivity index (χ1v) is 8.16. The van der Waals surface area contributed by atoms with Gasteiger partial charge in [-0.3, -0.25) is 0 Å². The number of ether oxygens (including phenoxy) is 1. The van der Waals surface area contributed by atoms with Gasteiger partial charge in [0.15, 0.2) is 0 Å². The van der Waals surface area contributed by atoms with Gasteiger partial charge < -0.3 is 15.4 Å². The summed E-state index contributed by atoms with van der Waals surface area (Å²) in [6, 6.07) is 14.7. The van der Waals surface area contributed by atoms with Gasteiger partial charge in [-0.1, -0.05) is 6.07 Å². The Labute approximate surface area is 150 Å². The highest BCUT2D eigenvalue weighted by Gasteiger charge is 2.05. The lowest BCUT2D eigenvalue weighted by Crippen LogP contribution is -2.32. The molecule has 3 rings (SSSR count). The first kappa shape index (κ1) is 17.5. The standard InChI is InChI=1S/C19H19FN4O2/c1-14-9-10-22-24(14)17-4-2-3-16(13-17)23-19(25)21-11-12-26-18-7-5-15(20)6-8-18/h2-10,13H,11-12H2,1H3,(H2,21,23,25). The maximum absolute atomic E-state index is 12.8. The maximum atomic E-state index is 12.8. The van der Waals surface area contributed by atoms with E-state index in [-0.39, 0.29) is 18.5 Å². The summed E-state index contributed by atoms with van der Waals surface area (Å²) in [5, 5.41) is 9.73. The number of aromatic nitrogens is 2. The SMILES string of the molecule is Cc1ccnn1-c1cccc(NC(=O)NCCOc2ccc(F)cc2)c1. The second kappa shape index (κ2) is 8.15. The summed E-state index contributed by atoms with van der Waals surface area (Å²) in [7, 11) is 0. The first-order chi connectivity index (χ1) is 12.6. The molecule has 0 atom stereocenters. The van der Waals surface area contributed by atoms with Crippen molar-refractivity contribution in [3.05, 3.63) is 72.3 Å². The molecule has 0 spiro atoms. The summed E-state index contributed by atoms with van der Waals surface area (Å²) in [5.74, 6) is 0.235. The summed E-state index contributed by atoms with van der Waals surface area (Å²) in [6.45, 7) is 2.56. The van der Waals surface area contributed by atoms with Crippen LogP contribution in [0.4, 0.5) is 14.9 Å². The van der Waals surface area contributed by atoms with Crippen LogP contribution in [-0.4, -0.2) is 29.0 Å². The van der Waals surface area contributed by atoms with Crippen molar-refractivity contribution < 1.29 is 13.9 Å². The zero-order valence-corrected chi connectivity index (χ0v) is 14.3. The zero-order chi connectivity index (χ0) is 18.4. The van der Waals surface area contributed by atoms with E-state index in [1.54, 1.807) is 16.9 Å². The Balaban J connectivity index is 1.47. The lowest BCUT2D eigenvalue weighted by molar-refractivity contribution is 0.247. The average Bonchev–Trinajstić information content (AvgIpc) is 3.06. The van der Waals surface area contributed by atoms with Gasteiger partial charge in [0.2, 0.25) is 0 Å². The highest BCUT2D eigenvalue weighted by atomic mass is 19.1. The minimum Gasteiger partial charge on any atom is -0.492 e. The van der Waals surface area contributed by atoms with Crippen molar-refractivity contribution in [1.82, 2.24) is 15.1 Å². The summed E-state index contributed by atoms with van der Waals surface area (Å²) in [5.41, 5.74) is 2.53. The fourth-order valence-corrected chi connectivity index (χ4v) is 2.39. The number of amides is 2. The number of carbonyl (C=O) groups is 1. The van der Waals surface area contributed by atoms with E-state index in [2.05, 4.69) is 15.7 Å². The molecule has 7 heteroatoms. The third-order valence-corrected chi connectivity index (χ3v) is 3.65. The molecule has 0 aliphatic carbocycles. The molecule has 0 saturated heterocycles. The van der Waals surface area contributed by atoms with Gasteiger partial charge >= 0.3 is 6.03 Å². The van der Waals surface area contributed by atoms with Crippen molar-refractivity contribution >= 4 is 11.7 Å². The Bertz CT molecular complexity index is 877. The minimum atomic E-state index is -0.331. The van der Waals surface area contributed by atoms with Gasteiger partial charge in [-0.05, 0) is 55.5 Å². The van der Waals surface area contributed by atoms with Gasteiger partial charge in [0, 0.05) is 17.6 Å². The molecule has 0 fully saturated rings. The van der Waals surface area contributed by atoms with E-state index in [9.17, 15) is 9.18 Å². The molecular weight excluding hydrogens is 335 g/mol. The molecule has 2 amide bonds. The predicted molar refractivity (Wildman–Crippen MR) is 97.2 cm³/mol. The number of carbonyl (C=O) groups excluding carboxylic acids is 1. The number of hydrogen-bond donors (Lipinski definition) is 2. The van der Waals surface area contributed by atoms with Crippen LogP contribution in [-0.2, 0) is 0 Å². The molecular formula is C19H19FN4O2. The highest BCUT2D eigenvalue weighted by molar-refractivity contribution is 5.89. The van der Waals surface area contributed by atoms with Crippen LogP contribution in [0.5, 0.6) is 5.75 Å².